The van der Waals surface area contributed by atoms with E-state index in [9.17, 15) is 9.90 Å². The van der Waals surface area contributed by atoms with Gasteiger partial charge in [-0.3, -0.25) is 4.79 Å². The summed E-state index contributed by atoms with van der Waals surface area (Å²) in [5, 5.41) is 9.76. The molecule has 0 aromatic heterocycles. The first-order chi connectivity index (χ1) is 7.97. The number of amides is 1. The zero-order valence-electron chi connectivity index (χ0n) is 11.0. The molecule has 0 atom stereocenters. The fourth-order valence-corrected chi connectivity index (χ4v) is 1.81. The first kappa shape index (κ1) is 13.6. The zero-order valence-corrected chi connectivity index (χ0v) is 11.0. The molecule has 1 amide bonds. The number of aryl methyl sites for hydroxylation is 1. The van der Waals surface area contributed by atoms with Crippen molar-refractivity contribution in [2.75, 3.05) is 6.54 Å². The van der Waals surface area contributed by atoms with Crippen LogP contribution in [0.15, 0.2) is 18.2 Å². The number of aromatic hydroxyl groups is 1. The Labute approximate surface area is 103 Å². The van der Waals surface area contributed by atoms with Crippen LogP contribution >= 0.6 is 0 Å². The average Bonchev–Trinajstić information content (AvgIpc) is 2.28. The fourth-order valence-electron chi connectivity index (χ4n) is 1.81. The van der Waals surface area contributed by atoms with Gasteiger partial charge in [-0.25, -0.2) is 0 Å². The zero-order chi connectivity index (χ0) is 13.0. The van der Waals surface area contributed by atoms with Gasteiger partial charge in [0.25, 0.3) is 5.91 Å². The van der Waals surface area contributed by atoms with Crippen molar-refractivity contribution in [3.63, 3.8) is 0 Å². The Hall–Kier alpha value is -1.51. The van der Waals surface area contributed by atoms with E-state index in [4.69, 9.17) is 0 Å². The van der Waals surface area contributed by atoms with Crippen molar-refractivity contribution in [3.8, 4) is 5.75 Å². The molecule has 17 heavy (non-hydrogen) atoms. The molecule has 0 aliphatic carbocycles. The maximum atomic E-state index is 12.3. The van der Waals surface area contributed by atoms with Crippen LogP contribution < -0.4 is 0 Å². The number of phenols is 1. The van der Waals surface area contributed by atoms with Crippen LogP contribution in [0, 0.1) is 6.92 Å². The second-order valence-electron chi connectivity index (χ2n) is 4.61. The first-order valence-corrected chi connectivity index (χ1v) is 6.08. The number of carbonyl (C=O) groups is 1. The minimum absolute atomic E-state index is 0.0577. The summed E-state index contributed by atoms with van der Waals surface area (Å²) < 4.78 is 0. The van der Waals surface area contributed by atoms with E-state index >= 15 is 0 Å². The third-order valence-corrected chi connectivity index (χ3v) is 2.73. The van der Waals surface area contributed by atoms with E-state index in [1.807, 2.05) is 27.7 Å². The third-order valence-electron chi connectivity index (χ3n) is 2.73. The highest BCUT2D eigenvalue weighted by atomic mass is 16.3. The molecule has 3 nitrogen and oxygen atoms in total. The molecule has 0 bridgehead atoms. The number of nitrogens with zero attached hydrogens (tertiary/aromatic N) is 1. The molecular weight excluding hydrogens is 214 g/mol. The van der Waals surface area contributed by atoms with Crippen molar-refractivity contribution in [2.24, 2.45) is 0 Å². The predicted molar refractivity (Wildman–Crippen MR) is 69.3 cm³/mol. The van der Waals surface area contributed by atoms with E-state index in [1.165, 1.54) is 0 Å². The molecule has 1 aromatic carbocycles. The molecule has 0 aliphatic heterocycles. The summed E-state index contributed by atoms with van der Waals surface area (Å²) in [6, 6.07) is 5.25. The number of rotatable bonds is 4. The summed E-state index contributed by atoms with van der Waals surface area (Å²) in [5.41, 5.74) is 1.37. The summed E-state index contributed by atoms with van der Waals surface area (Å²) >= 11 is 0. The highest BCUT2D eigenvalue weighted by Gasteiger charge is 2.20. The molecule has 1 rings (SSSR count). The van der Waals surface area contributed by atoms with Crippen LogP contribution in [0.5, 0.6) is 5.75 Å². The van der Waals surface area contributed by atoms with Crippen LogP contribution in [-0.4, -0.2) is 28.5 Å². The molecule has 0 aliphatic rings. The molecule has 0 saturated heterocycles. The van der Waals surface area contributed by atoms with Gasteiger partial charge in [-0.2, -0.15) is 0 Å². The van der Waals surface area contributed by atoms with Crippen LogP contribution in [0.2, 0.25) is 0 Å². The fraction of sp³-hybridized carbons (Fsp3) is 0.500. The lowest BCUT2D eigenvalue weighted by Crippen LogP contribution is -2.37. The summed E-state index contributed by atoms with van der Waals surface area (Å²) in [6.45, 7) is 8.64. The van der Waals surface area contributed by atoms with Gasteiger partial charge in [0.2, 0.25) is 0 Å². The number of hydrogen-bond donors (Lipinski definition) is 1. The molecule has 94 valence electrons. The van der Waals surface area contributed by atoms with Crippen LogP contribution in [0.3, 0.4) is 0 Å². The predicted octanol–water partition coefficient (Wildman–Crippen LogP) is 2.96. The van der Waals surface area contributed by atoms with E-state index in [-0.39, 0.29) is 17.7 Å². The van der Waals surface area contributed by atoms with Gasteiger partial charge in [0, 0.05) is 12.6 Å². The highest BCUT2D eigenvalue weighted by molar-refractivity contribution is 5.97. The molecule has 0 spiro atoms. The minimum atomic E-state index is -0.0944. The Morgan fingerprint density at radius 1 is 1.41 bits per heavy atom. The quantitative estimate of drug-likeness (QED) is 0.871. The van der Waals surface area contributed by atoms with Crippen molar-refractivity contribution < 1.29 is 9.90 Å². The van der Waals surface area contributed by atoms with Crippen molar-refractivity contribution in [3.05, 3.63) is 29.3 Å². The summed E-state index contributed by atoms with van der Waals surface area (Å²) in [7, 11) is 0. The average molecular weight is 235 g/mol. The molecule has 1 N–H and O–H groups in total. The Morgan fingerprint density at radius 2 is 2.06 bits per heavy atom. The maximum Gasteiger partial charge on any atom is 0.257 e. The summed E-state index contributed by atoms with van der Waals surface area (Å²) in [4.78, 5) is 14.1. The standard InChI is InChI=1S/C14H21NO2/c1-5-8-15(10(2)3)14(17)12-9-11(4)6-7-13(12)16/h6-7,9-10,16H,5,8H2,1-4H3. The Bertz CT molecular complexity index is 399. The van der Waals surface area contributed by atoms with E-state index in [1.54, 1.807) is 23.1 Å². The van der Waals surface area contributed by atoms with E-state index in [2.05, 4.69) is 0 Å². The molecule has 0 radical (unpaired) electrons. The maximum absolute atomic E-state index is 12.3. The Balaban J connectivity index is 3.04. The molecule has 0 unspecified atom stereocenters. The lowest BCUT2D eigenvalue weighted by Gasteiger charge is -2.26. The van der Waals surface area contributed by atoms with Gasteiger partial charge in [-0.15, -0.1) is 0 Å². The molecule has 0 heterocycles. The smallest absolute Gasteiger partial charge is 0.257 e. The molecular formula is C14H21NO2. The number of hydrogen-bond acceptors (Lipinski definition) is 2. The largest absolute Gasteiger partial charge is 0.507 e. The van der Waals surface area contributed by atoms with Crippen LogP contribution in [0.25, 0.3) is 0 Å². The van der Waals surface area contributed by atoms with Gasteiger partial charge in [-0.05, 0) is 39.3 Å². The molecule has 0 saturated carbocycles. The number of carbonyl (C=O) groups excluding carboxylic acids is 1. The van der Waals surface area contributed by atoms with Crippen molar-refractivity contribution in [2.45, 2.75) is 40.2 Å². The van der Waals surface area contributed by atoms with Gasteiger partial charge >= 0.3 is 0 Å². The van der Waals surface area contributed by atoms with Gasteiger partial charge in [0.05, 0.1) is 5.56 Å². The Morgan fingerprint density at radius 3 is 2.59 bits per heavy atom. The van der Waals surface area contributed by atoms with Gasteiger partial charge in [0.1, 0.15) is 5.75 Å². The van der Waals surface area contributed by atoms with Crippen LogP contribution in [0.1, 0.15) is 43.1 Å². The van der Waals surface area contributed by atoms with Crippen LogP contribution in [-0.2, 0) is 0 Å². The lowest BCUT2D eigenvalue weighted by atomic mass is 10.1. The monoisotopic (exact) mass is 235 g/mol. The Kier molecular flexibility index (Phi) is 4.55. The molecule has 0 fully saturated rings. The summed E-state index contributed by atoms with van der Waals surface area (Å²) in [6.07, 6.45) is 0.913. The minimum Gasteiger partial charge on any atom is -0.507 e. The van der Waals surface area contributed by atoms with Gasteiger partial charge in [-0.1, -0.05) is 18.6 Å². The number of phenolic OH excluding ortho intramolecular Hbond substituents is 1. The summed E-state index contributed by atoms with van der Waals surface area (Å²) in [5.74, 6) is -0.0367. The van der Waals surface area contributed by atoms with E-state index < -0.39 is 0 Å². The van der Waals surface area contributed by atoms with Crippen LogP contribution in [0.4, 0.5) is 0 Å². The van der Waals surface area contributed by atoms with Gasteiger partial charge < -0.3 is 10.0 Å². The van der Waals surface area contributed by atoms with Crippen molar-refractivity contribution in [1.82, 2.24) is 4.90 Å². The second-order valence-corrected chi connectivity index (χ2v) is 4.61. The SMILES string of the molecule is CCCN(C(=O)c1cc(C)ccc1O)C(C)C. The lowest BCUT2D eigenvalue weighted by molar-refractivity contribution is 0.0703. The normalized spacial score (nSPS) is 10.6. The topological polar surface area (TPSA) is 40.5 Å². The number of benzene rings is 1. The van der Waals surface area contributed by atoms with Gasteiger partial charge in [0.15, 0.2) is 0 Å². The van der Waals surface area contributed by atoms with Crippen molar-refractivity contribution >= 4 is 5.91 Å². The second kappa shape index (κ2) is 5.71. The molecule has 1 aromatic rings. The third kappa shape index (κ3) is 3.22. The van der Waals surface area contributed by atoms with E-state index in [0.717, 1.165) is 12.0 Å². The van der Waals surface area contributed by atoms with E-state index in [0.29, 0.717) is 12.1 Å². The highest BCUT2D eigenvalue weighted by Crippen LogP contribution is 2.21. The molecule has 3 heteroatoms. The van der Waals surface area contributed by atoms with Crippen molar-refractivity contribution in [1.29, 1.82) is 0 Å². The first-order valence-electron chi connectivity index (χ1n) is 6.08.